The van der Waals surface area contributed by atoms with Crippen molar-refractivity contribution in [2.75, 3.05) is 0 Å². The van der Waals surface area contributed by atoms with Crippen molar-refractivity contribution in [1.29, 1.82) is 0 Å². The van der Waals surface area contributed by atoms with E-state index in [2.05, 4.69) is 0 Å². The van der Waals surface area contributed by atoms with Gasteiger partial charge in [-0.15, -0.1) is 11.3 Å². The lowest BCUT2D eigenvalue weighted by Crippen LogP contribution is -1.84. The van der Waals surface area contributed by atoms with Crippen molar-refractivity contribution in [3.05, 3.63) is 52.9 Å². The van der Waals surface area contributed by atoms with Crippen LogP contribution in [0.1, 0.15) is 4.88 Å². The van der Waals surface area contributed by atoms with E-state index >= 15 is 0 Å². The van der Waals surface area contributed by atoms with E-state index in [0.29, 0.717) is 15.3 Å². The highest BCUT2D eigenvalue weighted by Gasteiger charge is 2.08. The van der Waals surface area contributed by atoms with Gasteiger partial charge >= 0.3 is 5.97 Å². The van der Waals surface area contributed by atoms with E-state index in [0.717, 1.165) is 12.1 Å². The van der Waals surface area contributed by atoms with E-state index in [9.17, 15) is 13.6 Å². The molecule has 0 aliphatic carbocycles. The normalized spacial score (nSPS) is 11.0. The van der Waals surface area contributed by atoms with Crippen LogP contribution < -0.4 is 0 Å². The summed E-state index contributed by atoms with van der Waals surface area (Å²) < 4.78 is 26.3. The van der Waals surface area contributed by atoms with Gasteiger partial charge in [-0.25, -0.2) is 13.6 Å². The van der Waals surface area contributed by atoms with Crippen LogP contribution in [-0.4, -0.2) is 11.1 Å². The highest BCUT2D eigenvalue weighted by atomic mass is 32.1. The van der Waals surface area contributed by atoms with Gasteiger partial charge in [-0.3, -0.25) is 0 Å². The molecule has 0 saturated carbocycles. The van der Waals surface area contributed by atoms with Gasteiger partial charge in [0, 0.05) is 27.5 Å². The number of carboxylic acids is 1. The van der Waals surface area contributed by atoms with Crippen molar-refractivity contribution in [3.63, 3.8) is 0 Å². The minimum Gasteiger partial charge on any atom is -0.478 e. The summed E-state index contributed by atoms with van der Waals surface area (Å²) in [6.45, 7) is 0. The molecule has 18 heavy (non-hydrogen) atoms. The lowest BCUT2D eigenvalue weighted by atomic mass is 10.2. The first kappa shape index (κ1) is 12.4. The standard InChI is InChI=1S/C13H8F2O2S/c14-8-1-4-10(11(15)7-8)12-5-2-9(18-12)3-6-13(16)17/h1-7H,(H,16,17)/b6-3+. The molecule has 2 rings (SSSR count). The molecule has 1 heterocycles. The van der Waals surface area contributed by atoms with E-state index in [1.165, 1.54) is 29.5 Å². The fourth-order valence-electron chi connectivity index (χ4n) is 1.43. The quantitative estimate of drug-likeness (QED) is 0.858. The zero-order chi connectivity index (χ0) is 13.1. The Morgan fingerprint density at radius 3 is 2.67 bits per heavy atom. The summed E-state index contributed by atoms with van der Waals surface area (Å²) in [5.74, 6) is -2.30. The summed E-state index contributed by atoms with van der Waals surface area (Å²) in [6, 6.07) is 6.72. The first-order valence-electron chi connectivity index (χ1n) is 5.02. The first-order chi connectivity index (χ1) is 8.56. The average molecular weight is 266 g/mol. The average Bonchev–Trinajstić information content (AvgIpc) is 2.75. The lowest BCUT2D eigenvalue weighted by Gasteiger charge is -1.99. The van der Waals surface area contributed by atoms with Crippen molar-refractivity contribution < 1.29 is 18.7 Å². The van der Waals surface area contributed by atoms with Gasteiger partial charge in [-0.2, -0.15) is 0 Å². The Balaban J connectivity index is 2.32. The van der Waals surface area contributed by atoms with Gasteiger partial charge in [0.05, 0.1) is 0 Å². The van der Waals surface area contributed by atoms with E-state index in [4.69, 9.17) is 5.11 Å². The summed E-state index contributed by atoms with van der Waals surface area (Å²) >= 11 is 1.24. The summed E-state index contributed by atoms with van der Waals surface area (Å²) in [7, 11) is 0. The number of hydrogen-bond acceptors (Lipinski definition) is 2. The van der Waals surface area contributed by atoms with Crippen LogP contribution in [0.5, 0.6) is 0 Å². The van der Waals surface area contributed by atoms with Gasteiger partial charge < -0.3 is 5.11 Å². The Morgan fingerprint density at radius 1 is 1.22 bits per heavy atom. The monoisotopic (exact) mass is 266 g/mol. The number of halogens is 2. The molecule has 0 amide bonds. The van der Waals surface area contributed by atoms with Crippen molar-refractivity contribution in [2.24, 2.45) is 0 Å². The summed E-state index contributed by atoms with van der Waals surface area (Å²) in [5, 5.41) is 8.49. The highest BCUT2D eigenvalue weighted by Crippen LogP contribution is 2.31. The van der Waals surface area contributed by atoms with E-state index in [1.54, 1.807) is 12.1 Å². The van der Waals surface area contributed by atoms with Crippen LogP contribution in [0, 0.1) is 11.6 Å². The molecule has 5 heteroatoms. The predicted octanol–water partition coefficient (Wildman–Crippen LogP) is 3.79. The van der Waals surface area contributed by atoms with Gasteiger partial charge in [0.25, 0.3) is 0 Å². The maximum Gasteiger partial charge on any atom is 0.328 e. The van der Waals surface area contributed by atoms with Gasteiger partial charge in [0.2, 0.25) is 0 Å². The van der Waals surface area contributed by atoms with Crippen molar-refractivity contribution in [2.45, 2.75) is 0 Å². The van der Waals surface area contributed by atoms with Gasteiger partial charge in [0.1, 0.15) is 11.6 Å². The molecule has 0 radical (unpaired) electrons. The smallest absolute Gasteiger partial charge is 0.328 e. The van der Waals surface area contributed by atoms with Crippen LogP contribution in [0.3, 0.4) is 0 Å². The van der Waals surface area contributed by atoms with Gasteiger partial charge in [-0.05, 0) is 30.3 Å². The largest absolute Gasteiger partial charge is 0.478 e. The number of carboxylic acid groups (broad SMARTS) is 1. The van der Waals surface area contributed by atoms with Crippen LogP contribution in [0.2, 0.25) is 0 Å². The maximum absolute atomic E-state index is 13.5. The summed E-state index contributed by atoms with van der Waals surface area (Å²) in [4.78, 5) is 11.7. The highest BCUT2D eigenvalue weighted by molar-refractivity contribution is 7.16. The van der Waals surface area contributed by atoms with Crippen molar-refractivity contribution in [1.82, 2.24) is 0 Å². The molecule has 1 N–H and O–H groups in total. The second kappa shape index (κ2) is 5.10. The fraction of sp³-hybridized carbons (Fsp3) is 0. The third-order valence-corrected chi connectivity index (χ3v) is 3.30. The number of rotatable bonds is 3. The Hall–Kier alpha value is -2.01. The Bertz CT molecular complexity index is 617. The van der Waals surface area contributed by atoms with Crippen LogP contribution in [0.4, 0.5) is 8.78 Å². The third kappa shape index (κ3) is 2.81. The number of hydrogen-bond donors (Lipinski definition) is 1. The minimum absolute atomic E-state index is 0.302. The van der Waals surface area contributed by atoms with Crippen LogP contribution in [-0.2, 0) is 4.79 Å². The van der Waals surface area contributed by atoms with Gasteiger partial charge in [-0.1, -0.05) is 0 Å². The summed E-state index contributed by atoms with van der Waals surface area (Å²) in [5.41, 5.74) is 0.302. The van der Waals surface area contributed by atoms with Crippen molar-refractivity contribution >= 4 is 23.4 Å². The molecule has 0 atom stereocenters. The van der Waals surface area contributed by atoms with E-state index < -0.39 is 17.6 Å². The predicted molar refractivity (Wildman–Crippen MR) is 66.3 cm³/mol. The van der Waals surface area contributed by atoms with E-state index in [1.807, 2.05) is 0 Å². The Kier molecular flexibility index (Phi) is 3.53. The topological polar surface area (TPSA) is 37.3 Å². The number of thiophene rings is 1. The fourth-order valence-corrected chi connectivity index (χ4v) is 2.37. The molecule has 2 aromatic rings. The zero-order valence-corrected chi connectivity index (χ0v) is 9.88. The number of aliphatic carboxylic acids is 1. The van der Waals surface area contributed by atoms with Crippen LogP contribution >= 0.6 is 11.3 Å². The molecule has 1 aromatic heterocycles. The number of benzene rings is 1. The first-order valence-corrected chi connectivity index (χ1v) is 5.84. The minimum atomic E-state index is -1.04. The summed E-state index contributed by atoms with van der Waals surface area (Å²) in [6.07, 6.45) is 2.44. The molecular formula is C13H8F2O2S. The third-order valence-electron chi connectivity index (χ3n) is 2.21. The SMILES string of the molecule is O=C(O)/C=C/c1ccc(-c2ccc(F)cc2F)s1. The van der Waals surface area contributed by atoms with Gasteiger partial charge in [0.15, 0.2) is 0 Å². The molecule has 0 saturated heterocycles. The number of carbonyl (C=O) groups is 1. The van der Waals surface area contributed by atoms with E-state index in [-0.39, 0.29) is 0 Å². The zero-order valence-electron chi connectivity index (χ0n) is 9.06. The maximum atomic E-state index is 13.5. The molecule has 2 nitrogen and oxygen atoms in total. The Labute approximate surface area is 106 Å². The molecule has 0 aliphatic heterocycles. The Morgan fingerprint density at radius 2 is 2.00 bits per heavy atom. The molecule has 0 unspecified atom stereocenters. The molecule has 92 valence electrons. The molecule has 1 aromatic carbocycles. The molecule has 0 aliphatic rings. The molecular weight excluding hydrogens is 258 g/mol. The molecule has 0 bridgehead atoms. The van der Waals surface area contributed by atoms with Crippen LogP contribution in [0.25, 0.3) is 16.5 Å². The second-order valence-corrected chi connectivity index (χ2v) is 4.61. The lowest BCUT2D eigenvalue weighted by molar-refractivity contribution is -0.131. The van der Waals surface area contributed by atoms with Crippen molar-refractivity contribution in [3.8, 4) is 10.4 Å². The molecule has 0 fully saturated rings. The van der Waals surface area contributed by atoms with Crippen LogP contribution in [0.15, 0.2) is 36.4 Å². The second-order valence-electron chi connectivity index (χ2n) is 3.50. The molecule has 0 spiro atoms.